The molecule has 1 fully saturated rings. The van der Waals surface area contributed by atoms with E-state index in [1.807, 2.05) is 25.1 Å². The van der Waals surface area contributed by atoms with Crippen molar-refractivity contribution in [2.24, 2.45) is 0 Å². The predicted octanol–water partition coefficient (Wildman–Crippen LogP) is 2.41. The second-order valence-corrected chi connectivity index (χ2v) is 5.58. The maximum Gasteiger partial charge on any atom is 0.237 e. The van der Waals surface area contributed by atoms with Crippen LogP contribution in [-0.2, 0) is 11.3 Å². The van der Waals surface area contributed by atoms with Gasteiger partial charge in [-0.1, -0.05) is 12.1 Å². The zero-order valence-electron chi connectivity index (χ0n) is 13.0. The predicted molar refractivity (Wildman–Crippen MR) is 90.2 cm³/mol. The van der Waals surface area contributed by atoms with Crippen molar-refractivity contribution in [1.82, 2.24) is 20.2 Å². The van der Waals surface area contributed by atoms with Crippen molar-refractivity contribution in [2.75, 3.05) is 6.54 Å². The molecule has 2 aromatic rings. The second kappa shape index (κ2) is 7.11. The number of carbonyl (C=O) groups excluding carboxylic acids is 1. The number of hydrogen-bond donors (Lipinski definition) is 2. The number of aryl methyl sites for hydroxylation is 1. The zero-order chi connectivity index (χ0) is 14.8. The molecular weight excluding hydrogens is 300 g/mol. The van der Waals surface area contributed by atoms with Crippen LogP contribution in [0.3, 0.4) is 0 Å². The number of nitrogens with zero attached hydrogens (tertiary/aromatic N) is 2. The molecule has 0 radical (unpaired) electrons. The molecule has 2 unspecified atom stereocenters. The van der Waals surface area contributed by atoms with Gasteiger partial charge in [-0.25, -0.2) is 4.98 Å². The molecule has 1 aromatic heterocycles. The van der Waals surface area contributed by atoms with Crippen molar-refractivity contribution < 1.29 is 4.79 Å². The summed E-state index contributed by atoms with van der Waals surface area (Å²) >= 11 is 0. The zero-order valence-corrected chi connectivity index (χ0v) is 13.8. The molecule has 3 rings (SSSR count). The topological polar surface area (TPSA) is 59.0 Å². The van der Waals surface area contributed by atoms with Crippen LogP contribution in [0.4, 0.5) is 0 Å². The Hall–Kier alpha value is -1.59. The fraction of sp³-hybridized carbons (Fsp3) is 0.500. The Kier molecular flexibility index (Phi) is 5.42. The van der Waals surface area contributed by atoms with Crippen LogP contribution in [0.2, 0.25) is 0 Å². The van der Waals surface area contributed by atoms with E-state index in [1.165, 1.54) is 0 Å². The van der Waals surface area contributed by atoms with E-state index < -0.39 is 0 Å². The smallest absolute Gasteiger partial charge is 0.237 e. The quantitative estimate of drug-likeness (QED) is 0.908. The van der Waals surface area contributed by atoms with E-state index in [1.54, 1.807) is 0 Å². The largest absolute Gasteiger partial charge is 0.345 e. The normalized spacial score (nSPS) is 18.9. The molecule has 1 saturated heterocycles. The minimum atomic E-state index is -0.0905. The van der Waals surface area contributed by atoms with Gasteiger partial charge in [0, 0.05) is 6.54 Å². The van der Waals surface area contributed by atoms with E-state index >= 15 is 0 Å². The molecule has 6 heteroatoms. The van der Waals surface area contributed by atoms with Gasteiger partial charge in [-0.05, 0) is 45.4 Å². The molecule has 0 bridgehead atoms. The summed E-state index contributed by atoms with van der Waals surface area (Å²) in [6.45, 7) is 5.88. The lowest BCUT2D eigenvalue weighted by Gasteiger charge is -2.18. The highest BCUT2D eigenvalue weighted by Crippen LogP contribution is 2.21. The number of fused-ring (bicyclic) bond motifs is 1. The Morgan fingerprint density at radius 1 is 1.50 bits per heavy atom. The third kappa shape index (κ3) is 3.10. The SMILES string of the molecule is CCn1c(C(C)NC(=O)C2CCCN2)nc2ccccc21.Cl. The fourth-order valence-corrected chi connectivity index (χ4v) is 3.04. The highest BCUT2D eigenvalue weighted by molar-refractivity contribution is 5.85. The molecule has 22 heavy (non-hydrogen) atoms. The molecule has 0 aliphatic carbocycles. The molecule has 1 aliphatic heterocycles. The number of para-hydroxylation sites is 2. The summed E-state index contributed by atoms with van der Waals surface area (Å²) in [6.07, 6.45) is 1.99. The summed E-state index contributed by atoms with van der Waals surface area (Å²) in [4.78, 5) is 16.9. The average Bonchev–Trinajstić information content (AvgIpc) is 3.14. The second-order valence-electron chi connectivity index (χ2n) is 5.58. The fourth-order valence-electron chi connectivity index (χ4n) is 3.04. The summed E-state index contributed by atoms with van der Waals surface area (Å²) in [5.41, 5.74) is 2.10. The first kappa shape index (κ1) is 16.8. The van der Waals surface area contributed by atoms with Gasteiger partial charge >= 0.3 is 0 Å². The molecule has 1 aromatic carbocycles. The molecule has 2 N–H and O–H groups in total. The van der Waals surface area contributed by atoms with Crippen LogP contribution in [-0.4, -0.2) is 28.0 Å². The number of imidazole rings is 1. The number of halogens is 1. The first-order valence-corrected chi connectivity index (χ1v) is 7.69. The molecule has 120 valence electrons. The first-order chi connectivity index (χ1) is 10.2. The van der Waals surface area contributed by atoms with E-state index in [0.29, 0.717) is 0 Å². The molecule has 2 heterocycles. The number of aromatic nitrogens is 2. The summed E-state index contributed by atoms with van der Waals surface area (Å²) in [5.74, 6) is 1.000. The van der Waals surface area contributed by atoms with Gasteiger partial charge in [0.2, 0.25) is 5.91 Å². The van der Waals surface area contributed by atoms with Crippen LogP contribution >= 0.6 is 12.4 Å². The van der Waals surface area contributed by atoms with Gasteiger partial charge in [0.25, 0.3) is 0 Å². The number of nitrogens with one attached hydrogen (secondary N) is 2. The van der Waals surface area contributed by atoms with Crippen LogP contribution in [0, 0.1) is 0 Å². The lowest BCUT2D eigenvalue weighted by molar-refractivity contribution is -0.123. The number of rotatable bonds is 4. The van der Waals surface area contributed by atoms with Crippen molar-refractivity contribution in [3.05, 3.63) is 30.1 Å². The van der Waals surface area contributed by atoms with Crippen LogP contribution in [0.25, 0.3) is 11.0 Å². The van der Waals surface area contributed by atoms with Gasteiger partial charge in [0.05, 0.1) is 23.1 Å². The van der Waals surface area contributed by atoms with Gasteiger partial charge in [-0.2, -0.15) is 0 Å². The Morgan fingerprint density at radius 3 is 2.95 bits per heavy atom. The first-order valence-electron chi connectivity index (χ1n) is 7.69. The van der Waals surface area contributed by atoms with E-state index in [0.717, 1.165) is 42.8 Å². The lowest BCUT2D eigenvalue weighted by atomic mass is 10.2. The summed E-state index contributed by atoms with van der Waals surface area (Å²) in [7, 11) is 0. The monoisotopic (exact) mass is 322 g/mol. The van der Waals surface area contributed by atoms with E-state index in [2.05, 4.69) is 28.2 Å². The Morgan fingerprint density at radius 2 is 2.27 bits per heavy atom. The molecule has 0 spiro atoms. The van der Waals surface area contributed by atoms with Crippen molar-refractivity contribution >= 4 is 29.3 Å². The van der Waals surface area contributed by atoms with Crippen LogP contribution in [0.5, 0.6) is 0 Å². The Bertz CT molecular complexity index is 649. The van der Waals surface area contributed by atoms with Crippen molar-refractivity contribution in [2.45, 2.75) is 45.3 Å². The minimum absolute atomic E-state index is 0. The van der Waals surface area contributed by atoms with Crippen molar-refractivity contribution in [3.63, 3.8) is 0 Å². The Labute approximate surface area is 136 Å². The molecular formula is C16H23ClN4O. The highest BCUT2D eigenvalue weighted by atomic mass is 35.5. The number of carbonyl (C=O) groups is 1. The minimum Gasteiger partial charge on any atom is -0.345 e. The van der Waals surface area contributed by atoms with E-state index in [-0.39, 0.29) is 30.4 Å². The van der Waals surface area contributed by atoms with Crippen molar-refractivity contribution in [3.8, 4) is 0 Å². The molecule has 1 aliphatic rings. The molecule has 0 saturated carbocycles. The van der Waals surface area contributed by atoms with Crippen LogP contribution in [0.1, 0.15) is 38.6 Å². The van der Waals surface area contributed by atoms with Crippen LogP contribution in [0.15, 0.2) is 24.3 Å². The van der Waals surface area contributed by atoms with Gasteiger partial charge < -0.3 is 15.2 Å². The standard InChI is InChI=1S/C16H22N4O.ClH/c1-3-20-14-9-5-4-7-12(14)19-15(20)11(2)18-16(21)13-8-6-10-17-13;/h4-5,7,9,11,13,17H,3,6,8,10H2,1-2H3,(H,18,21);1H. The van der Waals surface area contributed by atoms with E-state index in [4.69, 9.17) is 4.98 Å². The third-order valence-electron chi connectivity index (χ3n) is 4.12. The summed E-state index contributed by atoms with van der Waals surface area (Å²) in [6, 6.07) is 7.95. The number of benzene rings is 1. The van der Waals surface area contributed by atoms with Gasteiger partial charge in [0.1, 0.15) is 5.82 Å². The number of amides is 1. The maximum absolute atomic E-state index is 12.2. The molecule has 5 nitrogen and oxygen atoms in total. The number of hydrogen-bond acceptors (Lipinski definition) is 3. The molecule has 2 atom stereocenters. The average molecular weight is 323 g/mol. The Balaban J connectivity index is 0.00000176. The van der Waals surface area contributed by atoms with Crippen molar-refractivity contribution in [1.29, 1.82) is 0 Å². The lowest BCUT2D eigenvalue weighted by Crippen LogP contribution is -2.41. The van der Waals surface area contributed by atoms with Crippen LogP contribution < -0.4 is 10.6 Å². The van der Waals surface area contributed by atoms with Gasteiger partial charge in [0.15, 0.2) is 0 Å². The van der Waals surface area contributed by atoms with E-state index in [9.17, 15) is 4.79 Å². The summed E-state index contributed by atoms with van der Waals surface area (Å²) in [5, 5.41) is 6.32. The highest BCUT2D eigenvalue weighted by Gasteiger charge is 2.25. The van der Waals surface area contributed by atoms with Gasteiger partial charge in [-0.15, -0.1) is 12.4 Å². The van der Waals surface area contributed by atoms with Gasteiger partial charge in [-0.3, -0.25) is 4.79 Å². The third-order valence-corrected chi connectivity index (χ3v) is 4.12. The summed E-state index contributed by atoms with van der Waals surface area (Å²) < 4.78 is 2.17. The maximum atomic E-state index is 12.2. The molecule has 1 amide bonds.